The van der Waals surface area contributed by atoms with Crippen molar-refractivity contribution in [1.29, 1.82) is 0 Å². The van der Waals surface area contributed by atoms with E-state index < -0.39 is 17.8 Å². The number of para-hydroxylation sites is 1. The Morgan fingerprint density at radius 1 is 1.09 bits per heavy atom. The number of amides is 2. The highest BCUT2D eigenvalue weighted by Crippen LogP contribution is 2.49. The fourth-order valence-corrected chi connectivity index (χ4v) is 5.46. The van der Waals surface area contributed by atoms with Crippen molar-refractivity contribution in [2.75, 3.05) is 42.9 Å². The van der Waals surface area contributed by atoms with E-state index in [0.29, 0.717) is 24.2 Å². The van der Waals surface area contributed by atoms with E-state index in [-0.39, 0.29) is 0 Å². The maximum atomic E-state index is 12.6. The molecule has 2 atom stereocenters. The van der Waals surface area contributed by atoms with Crippen LogP contribution < -0.4 is 15.5 Å². The van der Waals surface area contributed by atoms with Crippen molar-refractivity contribution in [3.63, 3.8) is 0 Å². The SMILES string of the molecule is O=C(NCCCN1CC[C@@H]2[C@H](C1)c1cccc3c1N2CC3)Nc1ccc(C(F)(F)F)cc1. The summed E-state index contributed by atoms with van der Waals surface area (Å²) < 4.78 is 37.9. The fourth-order valence-electron chi connectivity index (χ4n) is 5.46. The predicted octanol–water partition coefficient (Wildman–Crippen LogP) is 4.45. The molecule has 0 aliphatic carbocycles. The molecule has 2 N–H and O–H groups in total. The number of anilines is 2. The highest BCUT2D eigenvalue weighted by atomic mass is 19.4. The highest BCUT2D eigenvalue weighted by Gasteiger charge is 2.44. The standard InChI is InChI=1S/C24H27F3N4O/c25-24(26,27)17-5-7-18(8-6-17)29-23(32)28-11-2-12-30-13-10-21-20(15-30)19-4-1-3-16-9-14-31(21)22(16)19/h1,3-8,20-21H,2,9-15H2,(H2,28,29,32)/t20-,21-/m1/s1. The van der Waals surface area contributed by atoms with Crippen LogP contribution in [0, 0.1) is 0 Å². The number of likely N-dealkylation sites (tertiary alicyclic amines) is 1. The van der Waals surface area contributed by atoms with Crippen LogP contribution in [-0.2, 0) is 12.6 Å². The van der Waals surface area contributed by atoms with Crippen molar-refractivity contribution >= 4 is 17.4 Å². The average Bonchev–Trinajstić information content (AvgIpc) is 3.34. The summed E-state index contributed by atoms with van der Waals surface area (Å²) in [6, 6.07) is 11.4. The lowest BCUT2D eigenvalue weighted by atomic mass is 9.88. The number of nitrogens with zero attached hydrogens (tertiary/aromatic N) is 2. The number of nitrogens with one attached hydrogen (secondary N) is 2. The van der Waals surface area contributed by atoms with Gasteiger partial charge in [-0.2, -0.15) is 13.2 Å². The second-order valence-electron chi connectivity index (χ2n) is 8.87. The van der Waals surface area contributed by atoms with Gasteiger partial charge in [0.1, 0.15) is 0 Å². The van der Waals surface area contributed by atoms with Crippen LogP contribution in [0.4, 0.5) is 29.3 Å². The Labute approximate surface area is 185 Å². The number of alkyl halides is 3. The van der Waals surface area contributed by atoms with E-state index in [1.165, 1.54) is 35.4 Å². The highest BCUT2D eigenvalue weighted by molar-refractivity contribution is 5.89. The predicted molar refractivity (Wildman–Crippen MR) is 118 cm³/mol. The third-order valence-corrected chi connectivity index (χ3v) is 6.93. The lowest BCUT2D eigenvalue weighted by Gasteiger charge is -2.38. The maximum absolute atomic E-state index is 12.6. The Bertz CT molecular complexity index is 992. The molecule has 0 aromatic heterocycles. The molecule has 0 saturated carbocycles. The van der Waals surface area contributed by atoms with Gasteiger partial charge >= 0.3 is 12.2 Å². The number of piperidine rings is 1. The summed E-state index contributed by atoms with van der Waals surface area (Å²) in [4.78, 5) is 17.2. The molecular formula is C24H27F3N4O. The van der Waals surface area contributed by atoms with Gasteiger partial charge in [0.15, 0.2) is 0 Å². The average molecular weight is 445 g/mol. The van der Waals surface area contributed by atoms with Gasteiger partial charge in [-0.15, -0.1) is 0 Å². The van der Waals surface area contributed by atoms with Crippen molar-refractivity contribution in [1.82, 2.24) is 10.2 Å². The first-order valence-electron chi connectivity index (χ1n) is 11.2. The number of hydrogen-bond donors (Lipinski definition) is 2. The summed E-state index contributed by atoms with van der Waals surface area (Å²) in [5, 5.41) is 5.37. The van der Waals surface area contributed by atoms with Crippen LogP contribution in [0.5, 0.6) is 0 Å². The number of fused-ring (bicyclic) bond motifs is 3. The van der Waals surface area contributed by atoms with Crippen LogP contribution >= 0.6 is 0 Å². The number of rotatable bonds is 5. The number of urea groups is 1. The van der Waals surface area contributed by atoms with Crippen LogP contribution in [0.3, 0.4) is 0 Å². The molecule has 5 nitrogen and oxygen atoms in total. The summed E-state index contributed by atoms with van der Waals surface area (Å²) in [6.07, 6.45) is -1.22. The molecule has 0 radical (unpaired) electrons. The third-order valence-electron chi connectivity index (χ3n) is 6.93. The van der Waals surface area contributed by atoms with Crippen LogP contribution in [0.1, 0.15) is 35.4 Å². The van der Waals surface area contributed by atoms with Gasteiger partial charge in [0, 0.05) is 49.5 Å². The summed E-state index contributed by atoms with van der Waals surface area (Å²) in [5.41, 5.74) is 4.09. The molecule has 2 aromatic carbocycles. The summed E-state index contributed by atoms with van der Waals surface area (Å²) >= 11 is 0. The van der Waals surface area contributed by atoms with E-state index in [9.17, 15) is 18.0 Å². The first-order chi connectivity index (χ1) is 15.4. The van der Waals surface area contributed by atoms with Gasteiger partial charge in [0.2, 0.25) is 0 Å². The van der Waals surface area contributed by atoms with E-state index in [2.05, 4.69) is 38.6 Å². The van der Waals surface area contributed by atoms with E-state index in [4.69, 9.17) is 0 Å². The Balaban J connectivity index is 1.07. The van der Waals surface area contributed by atoms with Crippen molar-refractivity contribution in [2.45, 2.75) is 37.4 Å². The van der Waals surface area contributed by atoms with E-state index in [0.717, 1.165) is 51.2 Å². The summed E-state index contributed by atoms with van der Waals surface area (Å²) in [7, 11) is 0. The zero-order valence-corrected chi connectivity index (χ0v) is 17.8. The third kappa shape index (κ3) is 4.03. The molecule has 0 unspecified atom stereocenters. The van der Waals surface area contributed by atoms with Gasteiger partial charge in [-0.1, -0.05) is 18.2 Å². The van der Waals surface area contributed by atoms with E-state index in [1.54, 1.807) is 0 Å². The number of carbonyl (C=O) groups excluding carboxylic acids is 1. The van der Waals surface area contributed by atoms with Crippen LogP contribution in [0.15, 0.2) is 42.5 Å². The number of halogens is 3. The molecule has 32 heavy (non-hydrogen) atoms. The quantitative estimate of drug-likeness (QED) is 0.670. The van der Waals surface area contributed by atoms with Crippen LogP contribution in [0.2, 0.25) is 0 Å². The second kappa shape index (κ2) is 8.31. The number of carbonyl (C=O) groups is 1. The van der Waals surface area contributed by atoms with Gasteiger partial charge in [-0.25, -0.2) is 4.79 Å². The lowest BCUT2D eigenvalue weighted by molar-refractivity contribution is -0.137. The van der Waals surface area contributed by atoms with Crippen molar-refractivity contribution in [2.24, 2.45) is 0 Å². The van der Waals surface area contributed by atoms with Crippen LogP contribution in [-0.4, -0.2) is 49.7 Å². The molecule has 3 aliphatic rings. The van der Waals surface area contributed by atoms with Crippen molar-refractivity contribution in [3.8, 4) is 0 Å². The minimum absolute atomic E-state index is 0.336. The monoisotopic (exact) mass is 444 g/mol. The number of hydrogen-bond acceptors (Lipinski definition) is 3. The molecule has 3 aliphatic heterocycles. The minimum Gasteiger partial charge on any atom is -0.367 e. The molecule has 0 bridgehead atoms. The van der Waals surface area contributed by atoms with E-state index in [1.807, 2.05) is 0 Å². The second-order valence-corrected chi connectivity index (χ2v) is 8.87. The zero-order chi connectivity index (χ0) is 22.3. The zero-order valence-electron chi connectivity index (χ0n) is 17.8. The largest absolute Gasteiger partial charge is 0.416 e. The summed E-state index contributed by atoms with van der Waals surface area (Å²) in [5.74, 6) is 0.565. The molecule has 2 aromatic rings. The maximum Gasteiger partial charge on any atom is 0.416 e. The molecule has 3 heterocycles. The molecule has 5 rings (SSSR count). The Morgan fingerprint density at radius 3 is 2.69 bits per heavy atom. The smallest absolute Gasteiger partial charge is 0.367 e. The molecule has 2 amide bonds. The van der Waals surface area contributed by atoms with E-state index >= 15 is 0 Å². The summed E-state index contributed by atoms with van der Waals surface area (Å²) in [6.45, 7) is 4.70. The fraction of sp³-hybridized carbons (Fsp3) is 0.458. The topological polar surface area (TPSA) is 47.6 Å². The van der Waals surface area contributed by atoms with Gasteiger partial charge in [0.25, 0.3) is 0 Å². The number of benzene rings is 2. The van der Waals surface area contributed by atoms with Gasteiger partial charge in [-0.3, -0.25) is 0 Å². The normalized spacial score (nSPS) is 21.9. The first kappa shape index (κ1) is 21.1. The molecular weight excluding hydrogens is 417 g/mol. The van der Waals surface area contributed by atoms with Crippen molar-refractivity contribution in [3.05, 3.63) is 59.2 Å². The van der Waals surface area contributed by atoms with Gasteiger partial charge in [0.05, 0.1) is 5.56 Å². The molecule has 1 saturated heterocycles. The van der Waals surface area contributed by atoms with Gasteiger partial charge in [-0.05, 0) is 61.2 Å². The first-order valence-corrected chi connectivity index (χ1v) is 11.2. The minimum atomic E-state index is -4.38. The Hall–Kier alpha value is -2.74. The molecule has 170 valence electrons. The molecule has 8 heteroatoms. The Kier molecular flexibility index (Phi) is 5.49. The lowest BCUT2D eigenvalue weighted by Crippen LogP contribution is -2.46. The van der Waals surface area contributed by atoms with Crippen molar-refractivity contribution < 1.29 is 18.0 Å². The van der Waals surface area contributed by atoms with Crippen LogP contribution in [0.25, 0.3) is 0 Å². The molecule has 1 fully saturated rings. The van der Waals surface area contributed by atoms with Gasteiger partial charge < -0.3 is 20.4 Å². The molecule has 0 spiro atoms. The Morgan fingerprint density at radius 2 is 1.91 bits per heavy atom.